The summed E-state index contributed by atoms with van der Waals surface area (Å²) in [6.45, 7) is 0.112. The molecule has 116 valence electrons. The summed E-state index contributed by atoms with van der Waals surface area (Å²) in [5, 5.41) is 12.6. The Bertz CT molecular complexity index is 631. The number of nitrogens with one attached hydrogen (secondary N) is 1. The average molecular weight is 366 g/mol. The average Bonchev–Trinajstić information content (AvgIpc) is 2.52. The van der Waals surface area contributed by atoms with E-state index in [4.69, 9.17) is 0 Å². The van der Waals surface area contributed by atoms with Crippen molar-refractivity contribution >= 4 is 21.8 Å². The fourth-order valence-corrected chi connectivity index (χ4v) is 2.53. The molecular weight excluding hydrogens is 349 g/mol. The molecule has 3 nitrogen and oxygen atoms in total. The fraction of sp³-hybridized carbons (Fsp3) is 0.235. The highest BCUT2D eigenvalue weighted by Gasteiger charge is 2.10. The quantitative estimate of drug-likeness (QED) is 0.824. The molecule has 0 bridgehead atoms. The third kappa shape index (κ3) is 4.93. The van der Waals surface area contributed by atoms with Crippen LogP contribution in [0.15, 0.2) is 53.0 Å². The number of carbonyl (C=O) groups excluding carboxylic acids is 1. The first-order chi connectivity index (χ1) is 10.6. The third-order valence-corrected chi connectivity index (χ3v) is 4.10. The van der Waals surface area contributed by atoms with Gasteiger partial charge >= 0.3 is 0 Å². The number of rotatable bonds is 6. The van der Waals surface area contributed by atoms with Crippen LogP contribution < -0.4 is 5.32 Å². The van der Waals surface area contributed by atoms with Crippen LogP contribution in [0, 0.1) is 5.82 Å². The Kier molecular flexibility index (Phi) is 6.10. The number of aliphatic hydroxyl groups is 1. The van der Waals surface area contributed by atoms with E-state index in [1.54, 1.807) is 0 Å². The largest absolute Gasteiger partial charge is 0.387 e. The van der Waals surface area contributed by atoms with E-state index in [0.29, 0.717) is 18.4 Å². The van der Waals surface area contributed by atoms with Crippen molar-refractivity contribution in [3.8, 4) is 0 Å². The van der Waals surface area contributed by atoms with Crippen LogP contribution in [0.2, 0.25) is 0 Å². The number of hydrogen-bond acceptors (Lipinski definition) is 2. The first kappa shape index (κ1) is 16.6. The van der Waals surface area contributed by atoms with Crippen LogP contribution in [0.5, 0.6) is 0 Å². The lowest BCUT2D eigenvalue weighted by molar-refractivity contribution is -0.121. The van der Waals surface area contributed by atoms with Gasteiger partial charge in [0.15, 0.2) is 0 Å². The molecule has 0 aliphatic heterocycles. The van der Waals surface area contributed by atoms with E-state index in [0.717, 1.165) is 10.0 Å². The second-order valence-electron chi connectivity index (χ2n) is 4.96. The van der Waals surface area contributed by atoms with Gasteiger partial charge in [0.1, 0.15) is 5.82 Å². The molecule has 0 fully saturated rings. The predicted octanol–water partition coefficient (Wildman–Crippen LogP) is 3.37. The van der Waals surface area contributed by atoms with Gasteiger partial charge < -0.3 is 10.4 Å². The van der Waals surface area contributed by atoms with Crippen LogP contribution >= 0.6 is 15.9 Å². The number of benzene rings is 2. The molecule has 1 unspecified atom stereocenters. The summed E-state index contributed by atoms with van der Waals surface area (Å²) < 4.78 is 13.8. The SMILES string of the molecule is O=C(CCc1ccccc1Br)NCC(O)c1ccc(F)cc1. The van der Waals surface area contributed by atoms with Gasteiger partial charge in [0, 0.05) is 17.4 Å². The summed E-state index contributed by atoms with van der Waals surface area (Å²) in [6.07, 6.45) is 0.131. The van der Waals surface area contributed by atoms with Crippen LogP contribution in [-0.2, 0) is 11.2 Å². The maximum Gasteiger partial charge on any atom is 0.220 e. The Morgan fingerprint density at radius 2 is 1.86 bits per heavy atom. The summed E-state index contributed by atoms with van der Waals surface area (Å²) in [4.78, 5) is 11.8. The third-order valence-electron chi connectivity index (χ3n) is 3.33. The standard InChI is InChI=1S/C17H17BrFNO2/c18-15-4-2-1-3-12(15)7-10-17(22)20-11-16(21)13-5-8-14(19)9-6-13/h1-6,8-9,16,21H,7,10-11H2,(H,20,22). The zero-order valence-electron chi connectivity index (χ0n) is 11.9. The van der Waals surface area contributed by atoms with E-state index in [1.165, 1.54) is 24.3 Å². The van der Waals surface area contributed by atoms with Gasteiger partial charge in [0.2, 0.25) is 5.91 Å². The molecule has 2 rings (SSSR count). The van der Waals surface area contributed by atoms with E-state index in [1.807, 2.05) is 24.3 Å². The van der Waals surface area contributed by atoms with Crippen LogP contribution in [0.1, 0.15) is 23.7 Å². The lowest BCUT2D eigenvalue weighted by atomic mass is 10.1. The van der Waals surface area contributed by atoms with Gasteiger partial charge in [-0.2, -0.15) is 0 Å². The molecule has 0 aliphatic rings. The highest BCUT2D eigenvalue weighted by Crippen LogP contribution is 2.17. The number of aliphatic hydroxyl groups excluding tert-OH is 1. The van der Waals surface area contributed by atoms with Crippen molar-refractivity contribution in [2.45, 2.75) is 18.9 Å². The Balaban J connectivity index is 1.78. The van der Waals surface area contributed by atoms with Gasteiger partial charge in [-0.15, -0.1) is 0 Å². The summed E-state index contributed by atoms with van der Waals surface area (Å²) in [5.41, 5.74) is 1.64. The molecule has 0 saturated heterocycles. The molecule has 2 aromatic carbocycles. The number of halogens is 2. The number of amides is 1. The maximum atomic E-state index is 12.8. The Morgan fingerprint density at radius 3 is 2.55 bits per heavy atom. The summed E-state index contributed by atoms with van der Waals surface area (Å²) in [7, 11) is 0. The van der Waals surface area contributed by atoms with Gasteiger partial charge in [-0.25, -0.2) is 4.39 Å². The van der Waals surface area contributed by atoms with Crippen molar-refractivity contribution in [3.63, 3.8) is 0 Å². The topological polar surface area (TPSA) is 49.3 Å². The Hall–Kier alpha value is -1.72. The lowest BCUT2D eigenvalue weighted by Gasteiger charge is -2.12. The zero-order chi connectivity index (χ0) is 15.9. The number of aryl methyl sites for hydroxylation is 1. The van der Waals surface area contributed by atoms with Crippen molar-refractivity contribution in [1.82, 2.24) is 5.32 Å². The van der Waals surface area contributed by atoms with Gasteiger partial charge in [-0.05, 0) is 35.7 Å². The van der Waals surface area contributed by atoms with Crippen molar-refractivity contribution < 1.29 is 14.3 Å². The van der Waals surface area contributed by atoms with Crippen LogP contribution in [0.25, 0.3) is 0 Å². The van der Waals surface area contributed by atoms with E-state index < -0.39 is 6.10 Å². The van der Waals surface area contributed by atoms with Crippen LogP contribution in [-0.4, -0.2) is 17.6 Å². The molecule has 5 heteroatoms. The van der Waals surface area contributed by atoms with Crippen molar-refractivity contribution in [2.24, 2.45) is 0 Å². The van der Waals surface area contributed by atoms with Gasteiger partial charge in [-0.1, -0.05) is 46.3 Å². The normalized spacial score (nSPS) is 12.0. The monoisotopic (exact) mass is 365 g/mol. The smallest absolute Gasteiger partial charge is 0.220 e. The van der Waals surface area contributed by atoms with Crippen molar-refractivity contribution in [2.75, 3.05) is 6.54 Å². The second kappa shape index (κ2) is 8.06. The molecule has 1 amide bonds. The first-order valence-corrected chi connectivity index (χ1v) is 7.79. The van der Waals surface area contributed by atoms with Gasteiger partial charge in [0.05, 0.1) is 6.10 Å². The molecule has 2 aromatic rings. The van der Waals surface area contributed by atoms with E-state index >= 15 is 0 Å². The van der Waals surface area contributed by atoms with Crippen LogP contribution in [0.4, 0.5) is 4.39 Å². The summed E-state index contributed by atoms with van der Waals surface area (Å²) in [5.74, 6) is -0.481. The highest BCUT2D eigenvalue weighted by atomic mass is 79.9. The second-order valence-corrected chi connectivity index (χ2v) is 5.82. The molecule has 2 N–H and O–H groups in total. The minimum Gasteiger partial charge on any atom is -0.387 e. The minimum absolute atomic E-state index is 0.112. The zero-order valence-corrected chi connectivity index (χ0v) is 13.5. The Labute approximate surface area is 137 Å². The summed E-state index contributed by atoms with van der Waals surface area (Å²) >= 11 is 3.44. The molecule has 22 heavy (non-hydrogen) atoms. The molecule has 0 aliphatic carbocycles. The van der Waals surface area contributed by atoms with E-state index in [-0.39, 0.29) is 18.3 Å². The van der Waals surface area contributed by atoms with Gasteiger partial charge in [-0.3, -0.25) is 4.79 Å². The molecular formula is C17H17BrFNO2. The lowest BCUT2D eigenvalue weighted by Crippen LogP contribution is -2.28. The van der Waals surface area contributed by atoms with Crippen molar-refractivity contribution in [1.29, 1.82) is 0 Å². The maximum absolute atomic E-state index is 12.8. The predicted molar refractivity (Wildman–Crippen MR) is 86.8 cm³/mol. The molecule has 1 atom stereocenters. The van der Waals surface area contributed by atoms with Crippen molar-refractivity contribution in [3.05, 3.63) is 69.9 Å². The molecule has 0 radical (unpaired) electrons. The minimum atomic E-state index is -0.840. The van der Waals surface area contributed by atoms with E-state index in [9.17, 15) is 14.3 Å². The first-order valence-electron chi connectivity index (χ1n) is 7.00. The number of hydrogen-bond donors (Lipinski definition) is 2. The fourth-order valence-electron chi connectivity index (χ4n) is 2.05. The Morgan fingerprint density at radius 1 is 1.18 bits per heavy atom. The van der Waals surface area contributed by atoms with Gasteiger partial charge in [0.25, 0.3) is 0 Å². The molecule has 0 saturated carbocycles. The summed E-state index contributed by atoms with van der Waals surface area (Å²) in [6, 6.07) is 13.3. The molecule has 0 aromatic heterocycles. The van der Waals surface area contributed by atoms with E-state index in [2.05, 4.69) is 21.2 Å². The van der Waals surface area contributed by atoms with Crippen LogP contribution in [0.3, 0.4) is 0 Å². The molecule has 0 spiro atoms. The molecule has 0 heterocycles. The number of carbonyl (C=O) groups is 1. The highest BCUT2D eigenvalue weighted by molar-refractivity contribution is 9.10.